The van der Waals surface area contributed by atoms with Gasteiger partial charge in [0, 0.05) is 6.07 Å². The predicted molar refractivity (Wildman–Crippen MR) is 78.8 cm³/mol. The minimum atomic E-state index is -3.77. The van der Waals surface area contributed by atoms with E-state index in [0.29, 0.717) is 30.4 Å². The van der Waals surface area contributed by atoms with Crippen LogP contribution in [0.5, 0.6) is 11.5 Å². The summed E-state index contributed by atoms with van der Waals surface area (Å²) >= 11 is 0. The van der Waals surface area contributed by atoms with Gasteiger partial charge in [-0.05, 0) is 19.1 Å². The summed E-state index contributed by atoms with van der Waals surface area (Å²) in [5, 5.41) is 0. The Morgan fingerprint density at radius 3 is 2.52 bits per heavy atom. The molecule has 0 aliphatic carbocycles. The molecule has 0 radical (unpaired) electrons. The van der Waals surface area contributed by atoms with Crippen molar-refractivity contribution in [2.75, 3.05) is 13.2 Å². The van der Waals surface area contributed by atoms with E-state index in [1.54, 1.807) is 24.3 Å². The standard InChI is InChI=1S/C15H14NO4S/c1-11-3-2-4-12(9-11)16-21(17,18)13-5-6-14-15(10-13)20-8-7-19-14/h2-6,9-10H,7-8H2,1H3/q-1. The van der Waals surface area contributed by atoms with E-state index in [-0.39, 0.29) is 4.90 Å². The first-order chi connectivity index (χ1) is 10.0. The first-order valence-electron chi connectivity index (χ1n) is 6.49. The molecular formula is C15H14NO4S-. The smallest absolute Gasteiger partial charge is 0.162 e. The molecule has 0 amide bonds. The Labute approximate surface area is 123 Å². The van der Waals surface area contributed by atoms with Gasteiger partial charge in [0.05, 0.1) is 4.90 Å². The molecule has 0 N–H and O–H groups in total. The van der Waals surface area contributed by atoms with Crippen LogP contribution in [0.1, 0.15) is 5.56 Å². The van der Waals surface area contributed by atoms with Gasteiger partial charge < -0.3 is 14.2 Å². The lowest BCUT2D eigenvalue weighted by molar-refractivity contribution is 0.171. The van der Waals surface area contributed by atoms with Gasteiger partial charge in [0.2, 0.25) is 0 Å². The number of fused-ring (bicyclic) bond motifs is 1. The highest BCUT2D eigenvalue weighted by Gasteiger charge is 2.14. The Morgan fingerprint density at radius 2 is 1.76 bits per heavy atom. The van der Waals surface area contributed by atoms with Crippen molar-refractivity contribution in [1.82, 2.24) is 0 Å². The molecule has 0 atom stereocenters. The summed E-state index contributed by atoms with van der Waals surface area (Å²) in [4.78, 5) is 0.0910. The van der Waals surface area contributed by atoms with E-state index in [2.05, 4.69) is 4.72 Å². The second-order valence-corrected chi connectivity index (χ2v) is 6.31. The van der Waals surface area contributed by atoms with Crippen LogP contribution in [0.15, 0.2) is 47.4 Å². The number of sulfonamides is 1. The molecule has 0 bridgehead atoms. The fourth-order valence-electron chi connectivity index (χ4n) is 2.06. The van der Waals surface area contributed by atoms with E-state index >= 15 is 0 Å². The highest BCUT2D eigenvalue weighted by atomic mass is 32.2. The molecule has 1 aliphatic heterocycles. The summed E-state index contributed by atoms with van der Waals surface area (Å²) in [6.45, 7) is 2.76. The minimum Gasteiger partial charge on any atom is -0.573 e. The third-order valence-electron chi connectivity index (χ3n) is 3.04. The molecule has 110 valence electrons. The van der Waals surface area contributed by atoms with Crippen molar-refractivity contribution in [3.05, 3.63) is 52.8 Å². The minimum absolute atomic E-state index is 0.0910. The lowest BCUT2D eigenvalue weighted by Gasteiger charge is -2.24. The van der Waals surface area contributed by atoms with Gasteiger partial charge in [0.25, 0.3) is 0 Å². The quantitative estimate of drug-likeness (QED) is 0.873. The van der Waals surface area contributed by atoms with Gasteiger partial charge in [-0.1, -0.05) is 29.8 Å². The molecule has 2 aromatic carbocycles. The van der Waals surface area contributed by atoms with Crippen molar-refractivity contribution in [2.45, 2.75) is 11.8 Å². The van der Waals surface area contributed by atoms with Gasteiger partial charge in [-0.15, -0.1) is 5.69 Å². The Hall–Kier alpha value is -2.21. The Balaban J connectivity index is 1.91. The first-order valence-corrected chi connectivity index (χ1v) is 7.93. The number of rotatable bonds is 3. The molecule has 5 nitrogen and oxygen atoms in total. The summed E-state index contributed by atoms with van der Waals surface area (Å²) < 4.78 is 39.3. The first kappa shape index (κ1) is 13.8. The lowest BCUT2D eigenvalue weighted by atomic mass is 10.2. The molecular weight excluding hydrogens is 290 g/mol. The van der Waals surface area contributed by atoms with E-state index in [0.717, 1.165) is 5.56 Å². The Kier molecular flexibility index (Phi) is 3.47. The number of hydrogen-bond acceptors (Lipinski definition) is 4. The average Bonchev–Trinajstić information content (AvgIpc) is 2.46. The van der Waals surface area contributed by atoms with Crippen LogP contribution in [-0.2, 0) is 10.0 Å². The van der Waals surface area contributed by atoms with E-state index in [4.69, 9.17) is 9.47 Å². The third kappa shape index (κ3) is 2.95. The average molecular weight is 304 g/mol. The monoisotopic (exact) mass is 304 g/mol. The third-order valence-corrected chi connectivity index (χ3v) is 4.34. The highest BCUT2D eigenvalue weighted by Crippen LogP contribution is 2.35. The van der Waals surface area contributed by atoms with Crippen LogP contribution in [0.25, 0.3) is 4.72 Å². The fraction of sp³-hybridized carbons (Fsp3) is 0.200. The summed E-state index contributed by atoms with van der Waals surface area (Å²) in [6.07, 6.45) is 0. The molecule has 6 heteroatoms. The largest absolute Gasteiger partial charge is 0.573 e. The SMILES string of the molecule is Cc1cccc([N-]S(=O)(=O)c2ccc3c(c2)OCCO3)c1. The van der Waals surface area contributed by atoms with Crippen LogP contribution in [0.3, 0.4) is 0 Å². The van der Waals surface area contributed by atoms with E-state index in [9.17, 15) is 8.42 Å². The molecule has 0 fully saturated rings. The van der Waals surface area contributed by atoms with Gasteiger partial charge in [-0.2, -0.15) is 0 Å². The van der Waals surface area contributed by atoms with E-state index in [1.807, 2.05) is 13.0 Å². The Morgan fingerprint density at radius 1 is 1.00 bits per heavy atom. The molecule has 3 rings (SSSR count). The number of aryl methyl sites for hydroxylation is 1. The number of nitrogens with zero attached hydrogens (tertiary/aromatic N) is 1. The van der Waals surface area contributed by atoms with Crippen molar-refractivity contribution in [2.24, 2.45) is 0 Å². The molecule has 1 heterocycles. The second-order valence-electron chi connectivity index (χ2n) is 4.71. The van der Waals surface area contributed by atoms with Gasteiger partial charge in [0.15, 0.2) is 11.5 Å². The molecule has 0 saturated heterocycles. The highest BCUT2D eigenvalue weighted by molar-refractivity contribution is 7.94. The summed E-state index contributed by atoms with van der Waals surface area (Å²) in [5.41, 5.74) is 1.36. The summed E-state index contributed by atoms with van der Waals surface area (Å²) in [7, 11) is -3.77. The molecule has 21 heavy (non-hydrogen) atoms. The Bertz CT molecular complexity index is 771. The fourth-order valence-corrected chi connectivity index (χ4v) is 3.05. The van der Waals surface area contributed by atoms with Gasteiger partial charge in [-0.25, -0.2) is 8.42 Å². The topological polar surface area (TPSA) is 66.7 Å². The number of ether oxygens (including phenoxy) is 2. The van der Waals surface area contributed by atoms with Crippen molar-refractivity contribution in [1.29, 1.82) is 0 Å². The number of benzene rings is 2. The van der Waals surface area contributed by atoms with Crippen molar-refractivity contribution in [3.63, 3.8) is 0 Å². The van der Waals surface area contributed by atoms with Crippen LogP contribution in [-0.4, -0.2) is 21.6 Å². The van der Waals surface area contributed by atoms with Crippen molar-refractivity contribution in [3.8, 4) is 11.5 Å². The second kappa shape index (κ2) is 5.29. The molecule has 0 aromatic heterocycles. The van der Waals surface area contributed by atoms with E-state index in [1.165, 1.54) is 12.1 Å². The molecule has 2 aromatic rings. The zero-order valence-corrected chi connectivity index (χ0v) is 12.3. The maximum atomic E-state index is 12.3. The summed E-state index contributed by atoms with van der Waals surface area (Å²) in [6, 6.07) is 11.5. The number of hydrogen-bond donors (Lipinski definition) is 0. The zero-order valence-electron chi connectivity index (χ0n) is 11.4. The van der Waals surface area contributed by atoms with Crippen LogP contribution >= 0.6 is 0 Å². The summed E-state index contributed by atoms with van der Waals surface area (Å²) in [5.74, 6) is 0.984. The van der Waals surface area contributed by atoms with Gasteiger partial charge in [0.1, 0.15) is 23.2 Å². The van der Waals surface area contributed by atoms with Crippen LogP contribution in [0.4, 0.5) is 5.69 Å². The van der Waals surface area contributed by atoms with Crippen molar-refractivity contribution < 1.29 is 17.9 Å². The van der Waals surface area contributed by atoms with Gasteiger partial charge >= 0.3 is 0 Å². The molecule has 0 saturated carbocycles. The molecule has 0 spiro atoms. The molecule has 1 aliphatic rings. The van der Waals surface area contributed by atoms with Crippen LogP contribution < -0.4 is 9.47 Å². The van der Waals surface area contributed by atoms with Crippen LogP contribution in [0.2, 0.25) is 0 Å². The van der Waals surface area contributed by atoms with Crippen LogP contribution in [0, 0.1) is 6.92 Å². The van der Waals surface area contributed by atoms with E-state index < -0.39 is 10.0 Å². The van der Waals surface area contributed by atoms with Crippen molar-refractivity contribution >= 4 is 15.7 Å². The zero-order chi connectivity index (χ0) is 14.9. The lowest BCUT2D eigenvalue weighted by Crippen LogP contribution is -2.15. The normalized spacial score (nSPS) is 13.8. The van der Waals surface area contributed by atoms with Gasteiger partial charge in [-0.3, -0.25) is 0 Å². The molecule has 0 unspecified atom stereocenters. The maximum Gasteiger partial charge on any atom is 0.162 e. The predicted octanol–water partition coefficient (Wildman–Crippen LogP) is 3.16. The maximum absolute atomic E-state index is 12.3.